The van der Waals surface area contributed by atoms with Crippen LogP contribution in [0, 0.1) is 27.7 Å². The van der Waals surface area contributed by atoms with Crippen molar-refractivity contribution in [2.75, 3.05) is 13.2 Å². The van der Waals surface area contributed by atoms with Gasteiger partial charge in [-0.05, 0) is 135 Å². The molecule has 6 nitrogen and oxygen atoms in total. The molecule has 1 aliphatic carbocycles. The molecule has 0 saturated carbocycles. The Morgan fingerprint density at radius 2 is 0.939 bits per heavy atom. The summed E-state index contributed by atoms with van der Waals surface area (Å²) in [5, 5.41) is 0. The quantitative estimate of drug-likeness (QED) is 0.0984. The van der Waals surface area contributed by atoms with Crippen molar-refractivity contribution in [1.82, 2.24) is 0 Å². The molecule has 5 rings (SSSR count). The van der Waals surface area contributed by atoms with Crippen LogP contribution < -0.4 is 9.47 Å². The van der Waals surface area contributed by atoms with Gasteiger partial charge in [0.15, 0.2) is 0 Å². The molecule has 0 fully saturated rings. The van der Waals surface area contributed by atoms with Crippen LogP contribution in [0.4, 0.5) is 0 Å². The van der Waals surface area contributed by atoms with Crippen LogP contribution in [0.15, 0.2) is 97.1 Å². The van der Waals surface area contributed by atoms with Gasteiger partial charge in [-0.2, -0.15) is 0 Å². The molecule has 1 aliphatic rings. The highest BCUT2D eigenvalue weighted by atomic mass is 16.6. The lowest BCUT2D eigenvalue weighted by Gasteiger charge is -2.39. The van der Waals surface area contributed by atoms with Gasteiger partial charge >= 0.3 is 11.9 Å². The summed E-state index contributed by atoms with van der Waals surface area (Å²) in [5.74, 6) is 0.570. The number of esters is 2. The van der Waals surface area contributed by atoms with Crippen molar-refractivity contribution in [3.8, 4) is 22.6 Å². The second-order valence-corrected chi connectivity index (χ2v) is 13.3. The van der Waals surface area contributed by atoms with Crippen LogP contribution in [0.2, 0.25) is 0 Å². The Morgan fingerprint density at radius 3 is 1.27 bits per heavy atom. The van der Waals surface area contributed by atoms with Crippen molar-refractivity contribution in [3.63, 3.8) is 0 Å². The van der Waals surface area contributed by atoms with Crippen molar-refractivity contribution in [2.24, 2.45) is 0 Å². The fourth-order valence-corrected chi connectivity index (χ4v) is 7.16. The zero-order valence-corrected chi connectivity index (χ0v) is 29.9. The smallest absolute Gasteiger partial charge is 0.333 e. The summed E-state index contributed by atoms with van der Waals surface area (Å²) in [6, 6.07) is 25.7. The zero-order valence-electron chi connectivity index (χ0n) is 29.9. The number of fused-ring (bicyclic) bond motifs is 3. The van der Waals surface area contributed by atoms with E-state index in [1.807, 2.05) is 13.8 Å². The molecule has 4 aromatic carbocycles. The largest absolute Gasteiger partial charge is 0.490 e. The third-order valence-corrected chi connectivity index (χ3v) is 9.00. The molecule has 0 spiro atoms. The van der Waals surface area contributed by atoms with Crippen LogP contribution in [0.5, 0.6) is 11.5 Å². The Hall–Kier alpha value is -5.10. The fraction of sp³-hybridized carbons (Fsp3) is 0.302. The molecular formula is C43H46O6. The topological polar surface area (TPSA) is 71.1 Å². The van der Waals surface area contributed by atoms with Gasteiger partial charge in [0, 0.05) is 11.1 Å². The number of rotatable bonds is 12. The highest BCUT2D eigenvalue weighted by Gasteiger charge is 2.49. The maximum absolute atomic E-state index is 12.0. The third kappa shape index (κ3) is 6.78. The second-order valence-electron chi connectivity index (χ2n) is 13.3. The van der Waals surface area contributed by atoms with E-state index >= 15 is 0 Å². The van der Waals surface area contributed by atoms with Crippen LogP contribution in [0.3, 0.4) is 0 Å². The minimum atomic E-state index is -0.624. The van der Waals surface area contributed by atoms with Gasteiger partial charge in [-0.3, -0.25) is 0 Å². The average Bonchev–Trinajstić information content (AvgIpc) is 3.32. The first-order valence-corrected chi connectivity index (χ1v) is 16.7. The number of benzene rings is 4. The number of carbonyl (C=O) groups excluding carboxylic acids is 2. The van der Waals surface area contributed by atoms with Crippen molar-refractivity contribution in [1.29, 1.82) is 0 Å². The summed E-state index contributed by atoms with van der Waals surface area (Å²) in [6.45, 7) is 23.2. The summed E-state index contributed by atoms with van der Waals surface area (Å²) in [4.78, 5) is 24.1. The molecule has 4 aromatic rings. The number of hydrogen-bond acceptors (Lipinski definition) is 6. The average molecular weight is 659 g/mol. The fourth-order valence-electron chi connectivity index (χ4n) is 7.16. The first-order chi connectivity index (χ1) is 23.2. The van der Waals surface area contributed by atoms with Crippen LogP contribution >= 0.6 is 0 Å². The Kier molecular flexibility index (Phi) is 10.2. The van der Waals surface area contributed by atoms with Crippen LogP contribution in [-0.2, 0) is 24.5 Å². The van der Waals surface area contributed by atoms with Gasteiger partial charge in [-0.25, -0.2) is 9.59 Å². The molecule has 0 amide bonds. The standard InChI is InChI=1S/C43H46O6/c1-25(2)41(44)48-31(9)23-46-33-19-27(5)39(28(6)20-33)43(37-17-13-11-15-35(37)36-16-12-14-18-38(36)43)40-29(7)21-34(22-30(40)8)47-24-32(10)49-42(45)26(3)4/h11-22,31-32H,1,3,23-24H2,2,4-10H3. The zero-order chi connectivity index (χ0) is 35.6. The highest BCUT2D eigenvalue weighted by Crippen LogP contribution is 2.59. The van der Waals surface area contributed by atoms with Gasteiger partial charge in [0.1, 0.15) is 36.9 Å². The first-order valence-electron chi connectivity index (χ1n) is 16.7. The summed E-state index contributed by atoms with van der Waals surface area (Å²) in [5.41, 5.74) is 11.7. The minimum absolute atomic E-state index is 0.221. The normalized spacial score (nSPS) is 13.8. The van der Waals surface area contributed by atoms with E-state index in [-0.39, 0.29) is 13.2 Å². The van der Waals surface area contributed by atoms with Gasteiger partial charge in [0.25, 0.3) is 0 Å². The SMILES string of the molecule is C=C(C)C(=O)OC(C)COc1cc(C)c(C2(c3c(C)cc(OCC(C)OC(=O)C(=C)C)cc3C)c3ccccc3-c3ccccc32)c(C)c1. The summed E-state index contributed by atoms with van der Waals surface area (Å²) >= 11 is 0. The summed E-state index contributed by atoms with van der Waals surface area (Å²) < 4.78 is 23.3. The third-order valence-electron chi connectivity index (χ3n) is 9.00. The van der Waals surface area contributed by atoms with Crippen molar-refractivity contribution < 1.29 is 28.5 Å². The van der Waals surface area contributed by atoms with E-state index < -0.39 is 29.6 Å². The molecule has 0 aromatic heterocycles. The van der Waals surface area contributed by atoms with Crippen LogP contribution in [-0.4, -0.2) is 37.4 Å². The molecule has 0 heterocycles. The van der Waals surface area contributed by atoms with Crippen molar-refractivity contribution in [2.45, 2.75) is 73.0 Å². The van der Waals surface area contributed by atoms with E-state index in [1.54, 1.807) is 13.8 Å². The molecule has 6 heteroatoms. The van der Waals surface area contributed by atoms with E-state index in [1.165, 1.54) is 33.4 Å². The molecule has 2 atom stereocenters. The monoisotopic (exact) mass is 658 g/mol. The minimum Gasteiger partial charge on any atom is -0.490 e. The molecule has 0 saturated heterocycles. The molecule has 0 bridgehead atoms. The summed E-state index contributed by atoms with van der Waals surface area (Å²) in [6.07, 6.45) is -0.867. The Balaban J connectivity index is 1.62. The predicted molar refractivity (Wildman–Crippen MR) is 194 cm³/mol. The Bertz CT molecular complexity index is 1760. The molecule has 0 aliphatic heterocycles. The first kappa shape index (κ1) is 35.2. The van der Waals surface area contributed by atoms with E-state index in [4.69, 9.17) is 18.9 Å². The van der Waals surface area contributed by atoms with E-state index in [9.17, 15) is 9.59 Å². The number of ether oxygens (including phenoxy) is 4. The molecule has 2 unspecified atom stereocenters. The molecule has 49 heavy (non-hydrogen) atoms. The Morgan fingerprint density at radius 1 is 0.612 bits per heavy atom. The summed E-state index contributed by atoms with van der Waals surface area (Å²) in [7, 11) is 0. The van der Waals surface area contributed by atoms with Gasteiger partial charge in [0.2, 0.25) is 0 Å². The molecule has 254 valence electrons. The molecule has 0 radical (unpaired) electrons. The maximum Gasteiger partial charge on any atom is 0.333 e. The van der Waals surface area contributed by atoms with Gasteiger partial charge < -0.3 is 18.9 Å². The lowest BCUT2D eigenvalue weighted by atomic mass is 9.63. The van der Waals surface area contributed by atoms with Gasteiger partial charge in [-0.1, -0.05) is 61.7 Å². The lowest BCUT2D eigenvalue weighted by Crippen LogP contribution is -2.32. The van der Waals surface area contributed by atoms with Crippen molar-refractivity contribution >= 4 is 11.9 Å². The highest BCUT2D eigenvalue weighted by molar-refractivity contribution is 5.88. The van der Waals surface area contributed by atoms with E-state index in [0.29, 0.717) is 22.6 Å². The predicted octanol–water partition coefficient (Wildman–Crippen LogP) is 9.06. The second kappa shape index (κ2) is 14.2. The molecular weight excluding hydrogens is 612 g/mol. The Labute approximate surface area is 290 Å². The lowest BCUT2D eigenvalue weighted by molar-refractivity contribution is -0.145. The van der Waals surface area contributed by atoms with E-state index in [0.717, 1.165) is 22.3 Å². The van der Waals surface area contributed by atoms with Crippen molar-refractivity contribution in [3.05, 3.63) is 142 Å². The number of aryl methyl sites for hydroxylation is 4. The molecule has 0 N–H and O–H groups in total. The van der Waals surface area contributed by atoms with Crippen LogP contribution in [0.1, 0.15) is 72.2 Å². The maximum atomic E-state index is 12.0. The van der Waals surface area contributed by atoms with E-state index in [2.05, 4.69) is 114 Å². The van der Waals surface area contributed by atoms with Gasteiger partial charge in [-0.15, -0.1) is 0 Å². The number of carbonyl (C=O) groups is 2. The van der Waals surface area contributed by atoms with Gasteiger partial charge in [0.05, 0.1) is 5.41 Å². The number of hydrogen-bond donors (Lipinski definition) is 0. The van der Waals surface area contributed by atoms with Crippen LogP contribution in [0.25, 0.3) is 11.1 Å².